The number of carbonyl (C=O) groups is 1. The fourth-order valence-corrected chi connectivity index (χ4v) is 2.26. The highest BCUT2D eigenvalue weighted by Gasteiger charge is 2.20. The summed E-state index contributed by atoms with van der Waals surface area (Å²) >= 11 is 0. The first-order valence-corrected chi connectivity index (χ1v) is 6.88. The molecule has 0 bridgehead atoms. The maximum Gasteiger partial charge on any atom is 0.246 e. The molecule has 1 saturated heterocycles. The summed E-state index contributed by atoms with van der Waals surface area (Å²) in [6.07, 6.45) is 4.83. The minimum atomic E-state index is -0.00907. The summed E-state index contributed by atoms with van der Waals surface area (Å²) in [4.78, 5) is 16.7. The Balaban J connectivity index is 1.89. The molecular formula is C15H18N4O2. The van der Waals surface area contributed by atoms with E-state index in [0.29, 0.717) is 13.1 Å². The van der Waals surface area contributed by atoms with Crippen molar-refractivity contribution in [3.63, 3.8) is 0 Å². The first-order valence-electron chi connectivity index (χ1n) is 6.88. The van der Waals surface area contributed by atoms with E-state index in [4.69, 9.17) is 10.3 Å². The quantitative estimate of drug-likeness (QED) is 0.369. The van der Waals surface area contributed by atoms with E-state index in [0.717, 1.165) is 24.2 Å². The summed E-state index contributed by atoms with van der Waals surface area (Å²) in [5.74, 6) is 0.781. The SMILES string of the molecule is COc1ccc(/C=C/C(=O)N2CCC(N=[N+]=[N-])CC2)cc1. The number of hydrogen-bond donors (Lipinski definition) is 0. The zero-order chi connectivity index (χ0) is 15.1. The van der Waals surface area contributed by atoms with Gasteiger partial charge in [-0.05, 0) is 42.1 Å². The minimum Gasteiger partial charge on any atom is -0.497 e. The van der Waals surface area contributed by atoms with E-state index >= 15 is 0 Å². The molecule has 1 heterocycles. The molecule has 6 nitrogen and oxygen atoms in total. The van der Waals surface area contributed by atoms with E-state index in [1.165, 1.54) is 0 Å². The number of azide groups is 1. The Bertz CT molecular complexity index is 554. The van der Waals surface area contributed by atoms with Crippen LogP contribution < -0.4 is 4.74 Å². The molecule has 0 spiro atoms. The third kappa shape index (κ3) is 4.26. The fourth-order valence-electron chi connectivity index (χ4n) is 2.26. The van der Waals surface area contributed by atoms with E-state index in [-0.39, 0.29) is 11.9 Å². The Morgan fingerprint density at radius 2 is 2.05 bits per heavy atom. The molecule has 1 amide bonds. The van der Waals surface area contributed by atoms with Crippen molar-refractivity contribution >= 4 is 12.0 Å². The highest BCUT2D eigenvalue weighted by atomic mass is 16.5. The maximum absolute atomic E-state index is 12.1. The molecule has 1 aliphatic rings. The summed E-state index contributed by atoms with van der Waals surface area (Å²) in [5, 5.41) is 3.70. The Kier molecular flexibility index (Phi) is 5.23. The zero-order valence-electron chi connectivity index (χ0n) is 12.0. The van der Waals surface area contributed by atoms with E-state index in [2.05, 4.69) is 10.0 Å². The summed E-state index contributed by atoms with van der Waals surface area (Å²) in [5.41, 5.74) is 9.35. The van der Waals surface area contributed by atoms with Gasteiger partial charge in [0.05, 0.1) is 7.11 Å². The van der Waals surface area contributed by atoms with Crippen LogP contribution in [0, 0.1) is 0 Å². The standard InChI is InChI=1S/C15H18N4O2/c1-21-14-5-2-12(3-6-14)4-7-15(20)19-10-8-13(9-11-19)17-18-16/h2-7,13H,8-11H2,1H3/b7-4+. The van der Waals surface area contributed by atoms with Crippen LogP contribution >= 0.6 is 0 Å². The number of benzene rings is 1. The second-order valence-electron chi connectivity index (χ2n) is 4.87. The van der Waals surface area contributed by atoms with Gasteiger partial charge >= 0.3 is 0 Å². The van der Waals surface area contributed by atoms with Crippen molar-refractivity contribution in [3.8, 4) is 5.75 Å². The lowest BCUT2D eigenvalue weighted by Gasteiger charge is -2.29. The normalized spacial score (nSPS) is 15.8. The van der Waals surface area contributed by atoms with Crippen LogP contribution in [0.1, 0.15) is 18.4 Å². The van der Waals surface area contributed by atoms with Crippen molar-refractivity contribution in [2.24, 2.45) is 5.11 Å². The molecule has 0 saturated carbocycles. The average Bonchev–Trinajstić information content (AvgIpc) is 2.54. The number of hydrogen-bond acceptors (Lipinski definition) is 3. The van der Waals surface area contributed by atoms with Crippen molar-refractivity contribution in [1.82, 2.24) is 4.90 Å². The highest BCUT2D eigenvalue weighted by Crippen LogP contribution is 2.15. The Labute approximate surface area is 123 Å². The molecule has 1 aromatic carbocycles. The number of carbonyl (C=O) groups excluding carboxylic acids is 1. The Morgan fingerprint density at radius 3 is 2.62 bits per heavy atom. The number of nitrogens with zero attached hydrogens (tertiary/aromatic N) is 4. The number of piperidine rings is 1. The van der Waals surface area contributed by atoms with Crippen LogP contribution in [-0.2, 0) is 4.79 Å². The van der Waals surface area contributed by atoms with Crippen molar-refractivity contribution < 1.29 is 9.53 Å². The predicted octanol–water partition coefficient (Wildman–Crippen LogP) is 3.01. The van der Waals surface area contributed by atoms with Crippen LogP contribution in [0.3, 0.4) is 0 Å². The first kappa shape index (κ1) is 14.9. The van der Waals surface area contributed by atoms with E-state index < -0.39 is 0 Å². The van der Waals surface area contributed by atoms with E-state index in [1.807, 2.05) is 24.3 Å². The zero-order valence-corrected chi connectivity index (χ0v) is 12.0. The van der Waals surface area contributed by atoms with Gasteiger partial charge in [0.1, 0.15) is 5.75 Å². The molecule has 110 valence electrons. The summed E-state index contributed by atoms with van der Waals surface area (Å²) < 4.78 is 5.09. The van der Waals surface area contributed by atoms with E-state index in [9.17, 15) is 4.79 Å². The van der Waals surface area contributed by atoms with Gasteiger partial charge in [0.2, 0.25) is 5.91 Å². The third-order valence-electron chi connectivity index (χ3n) is 3.53. The molecular weight excluding hydrogens is 268 g/mol. The van der Waals surface area contributed by atoms with Crippen molar-refractivity contribution in [3.05, 3.63) is 46.3 Å². The average molecular weight is 286 g/mol. The van der Waals surface area contributed by atoms with Crippen molar-refractivity contribution in [2.75, 3.05) is 20.2 Å². The van der Waals surface area contributed by atoms with Gasteiger partial charge in [-0.2, -0.15) is 0 Å². The summed E-state index contributed by atoms with van der Waals surface area (Å²) in [6.45, 7) is 1.27. The van der Waals surface area contributed by atoms with Crippen LogP contribution in [0.2, 0.25) is 0 Å². The van der Waals surface area contributed by atoms with Crippen LogP contribution in [0.15, 0.2) is 35.5 Å². The minimum absolute atomic E-state index is 0.00907. The van der Waals surface area contributed by atoms with Crippen molar-refractivity contribution in [1.29, 1.82) is 0 Å². The van der Waals surface area contributed by atoms with Crippen LogP contribution in [0.25, 0.3) is 16.5 Å². The lowest BCUT2D eigenvalue weighted by molar-refractivity contribution is -0.126. The van der Waals surface area contributed by atoms with Gasteiger partial charge in [0.15, 0.2) is 0 Å². The predicted molar refractivity (Wildman–Crippen MR) is 80.8 cm³/mol. The molecule has 0 aromatic heterocycles. The molecule has 0 aliphatic carbocycles. The van der Waals surface area contributed by atoms with Gasteiger partial charge in [-0.25, -0.2) is 0 Å². The topological polar surface area (TPSA) is 78.3 Å². The van der Waals surface area contributed by atoms with Crippen LogP contribution in [-0.4, -0.2) is 37.0 Å². The molecule has 0 unspecified atom stereocenters. The van der Waals surface area contributed by atoms with Crippen LogP contribution in [0.4, 0.5) is 0 Å². The van der Waals surface area contributed by atoms with Gasteiger partial charge in [-0.15, -0.1) is 0 Å². The second kappa shape index (κ2) is 7.36. The van der Waals surface area contributed by atoms with Crippen LogP contribution in [0.5, 0.6) is 5.75 Å². The number of ether oxygens (including phenoxy) is 1. The van der Waals surface area contributed by atoms with Crippen molar-refractivity contribution in [2.45, 2.75) is 18.9 Å². The number of likely N-dealkylation sites (tertiary alicyclic amines) is 1. The van der Waals surface area contributed by atoms with Gasteiger partial charge in [-0.3, -0.25) is 4.79 Å². The van der Waals surface area contributed by atoms with Gasteiger partial charge in [-0.1, -0.05) is 17.2 Å². The summed E-state index contributed by atoms with van der Waals surface area (Å²) in [6, 6.07) is 7.53. The lowest BCUT2D eigenvalue weighted by atomic mass is 10.1. The monoisotopic (exact) mass is 286 g/mol. The molecule has 6 heteroatoms. The summed E-state index contributed by atoms with van der Waals surface area (Å²) in [7, 11) is 1.62. The Hall–Kier alpha value is -2.46. The second-order valence-corrected chi connectivity index (χ2v) is 4.87. The molecule has 2 rings (SSSR count). The fraction of sp³-hybridized carbons (Fsp3) is 0.400. The molecule has 21 heavy (non-hydrogen) atoms. The molecule has 0 atom stereocenters. The molecule has 1 aliphatic heterocycles. The first-order chi connectivity index (χ1) is 10.2. The largest absolute Gasteiger partial charge is 0.497 e. The molecule has 1 aromatic rings. The highest BCUT2D eigenvalue weighted by molar-refractivity contribution is 5.91. The molecule has 1 fully saturated rings. The van der Waals surface area contributed by atoms with Gasteiger partial charge in [0, 0.05) is 30.1 Å². The molecule has 0 radical (unpaired) electrons. The smallest absolute Gasteiger partial charge is 0.246 e. The Morgan fingerprint density at radius 1 is 1.38 bits per heavy atom. The number of amides is 1. The van der Waals surface area contributed by atoms with Gasteiger partial charge in [0.25, 0.3) is 0 Å². The lowest BCUT2D eigenvalue weighted by Crippen LogP contribution is -2.38. The number of methoxy groups -OCH3 is 1. The molecule has 0 N–H and O–H groups in total. The van der Waals surface area contributed by atoms with Gasteiger partial charge < -0.3 is 9.64 Å². The van der Waals surface area contributed by atoms with E-state index in [1.54, 1.807) is 24.2 Å². The number of rotatable bonds is 4. The third-order valence-corrected chi connectivity index (χ3v) is 3.53. The maximum atomic E-state index is 12.1.